The highest BCUT2D eigenvalue weighted by atomic mass is 79.9. The van der Waals surface area contributed by atoms with E-state index in [4.69, 9.17) is 21.4 Å². The largest absolute Gasteiger partial charge is 0.488 e. The average Bonchev–Trinajstić information content (AvgIpc) is 2.78. The highest BCUT2D eigenvalue weighted by molar-refractivity contribution is 9.10. The summed E-state index contributed by atoms with van der Waals surface area (Å²) >= 11 is 10.7. The zero-order valence-corrected chi connectivity index (χ0v) is 19.8. The van der Waals surface area contributed by atoms with Gasteiger partial charge in [-0.3, -0.25) is 4.79 Å². The molecule has 0 radical (unpaired) electrons. The molecule has 2 N–H and O–H groups in total. The molecule has 0 atom stereocenters. The van der Waals surface area contributed by atoms with Gasteiger partial charge in [-0.1, -0.05) is 23.7 Å². The minimum atomic E-state index is -0.964. The number of thioether (sulfide) groups is 1. The summed E-state index contributed by atoms with van der Waals surface area (Å²) in [5.41, 5.74) is 4.36. The van der Waals surface area contributed by atoms with Gasteiger partial charge in [0.2, 0.25) is 5.91 Å². The fourth-order valence-electron chi connectivity index (χ4n) is 2.51. The van der Waals surface area contributed by atoms with Crippen molar-refractivity contribution in [2.45, 2.75) is 11.5 Å². The topological polar surface area (TPSA) is 88.0 Å². The van der Waals surface area contributed by atoms with Crippen LogP contribution in [0, 0.1) is 0 Å². The summed E-state index contributed by atoms with van der Waals surface area (Å²) in [5, 5.41) is 13.6. The van der Waals surface area contributed by atoms with Crippen LogP contribution in [0.5, 0.6) is 5.75 Å². The lowest BCUT2D eigenvalue weighted by molar-refractivity contribution is -0.118. The van der Waals surface area contributed by atoms with E-state index in [1.54, 1.807) is 36.5 Å². The molecule has 0 bridgehead atoms. The Balaban J connectivity index is 1.47. The maximum atomic E-state index is 11.9. The van der Waals surface area contributed by atoms with E-state index < -0.39 is 5.97 Å². The second-order valence-electron chi connectivity index (χ2n) is 6.52. The zero-order chi connectivity index (χ0) is 22.9. The predicted octanol–water partition coefficient (Wildman–Crippen LogP) is 5.62. The number of halogens is 2. The molecule has 0 saturated carbocycles. The van der Waals surface area contributed by atoms with Crippen molar-refractivity contribution in [2.75, 3.05) is 5.75 Å². The van der Waals surface area contributed by atoms with Gasteiger partial charge >= 0.3 is 5.97 Å². The van der Waals surface area contributed by atoms with Crippen LogP contribution in [0.4, 0.5) is 0 Å². The molecule has 1 amide bonds. The Bertz CT molecular complexity index is 1120. The third-order valence-electron chi connectivity index (χ3n) is 4.14. The number of rotatable bonds is 9. The Kier molecular flexibility index (Phi) is 8.72. The van der Waals surface area contributed by atoms with Crippen molar-refractivity contribution >= 4 is 57.4 Å². The SMILES string of the molecule is O=C(CSc1ccc(Cl)cc1)N/N=C\c1ccc(OCc2ccc(C(=O)O)cc2)c(Br)c1. The Morgan fingerprint density at radius 1 is 1.09 bits per heavy atom. The fraction of sp³-hybridized carbons (Fsp3) is 0.0870. The van der Waals surface area contributed by atoms with E-state index in [1.165, 1.54) is 23.9 Å². The fourth-order valence-corrected chi connectivity index (χ4v) is 3.84. The van der Waals surface area contributed by atoms with Crippen molar-refractivity contribution in [1.29, 1.82) is 0 Å². The summed E-state index contributed by atoms with van der Waals surface area (Å²) < 4.78 is 6.51. The van der Waals surface area contributed by atoms with E-state index >= 15 is 0 Å². The molecule has 0 aliphatic carbocycles. The minimum Gasteiger partial charge on any atom is -0.488 e. The van der Waals surface area contributed by atoms with Crippen molar-refractivity contribution in [3.63, 3.8) is 0 Å². The van der Waals surface area contributed by atoms with Crippen molar-refractivity contribution in [3.8, 4) is 5.75 Å². The van der Waals surface area contributed by atoms with Gasteiger partial charge in [0.1, 0.15) is 12.4 Å². The maximum Gasteiger partial charge on any atom is 0.335 e. The van der Waals surface area contributed by atoms with Gasteiger partial charge in [0.25, 0.3) is 0 Å². The third kappa shape index (κ3) is 7.40. The van der Waals surface area contributed by atoms with Crippen molar-refractivity contribution < 1.29 is 19.4 Å². The van der Waals surface area contributed by atoms with Crippen LogP contribution < -0.4 is 10.2 Å². The molecule has 0 aliphatic heterocycles. The molecule has 9 heteroatoms. The van der Waals surface area contributed by atoms with E-state index in [9.17, 15) is 9.59 Å². The van der Waals surface area contributed by atoms with Gasteiger partial charge in [-0.15, -0.1) is 11.8 Å². The molecule has 3 rings (SSSR count). The molecule has 32 heavy (non-hydrogen) atoms. The Morgan fingerprint density at radius 3 is 2.47 bits per heavy atom. The average molecular weight is 534 g/mol. The van der Waals surface area contributed by atoms with E-state index in [-0.39, 0.29) is 17.2 Å². The van der Waals surface area contributed by atoms with E-state index in [2.05, 4.69) is 26.5 Å². The predicted molar refractivity (Wildman–Crippen MR) is 130 cm³/mol. The van der Waals surface area contributed by atoms with Crippen LogP contribution in [0.3, 0.4) is 0 Å². The number of hydrogen-bond acceptors (Lipinski definition) is 5. The second kappa shape index (κ2) is 11.7. The van der Waals surface area contributed by atoms with Crippen LogP contribution in [-0.2, 0) is 11.4 Å². The zero-order valence-electron chi connectivity index (χ0n) is 16.6. The van der Waals surface area contributed by atoms with E-state index in [0.29, 0.717) is 17.4 Å². The van der Waals surface area contributed by atoms with Crippen LogP contribution in [0.1, 0.15) is 21.5 Å². The summed E-state index contributed by atoms with van der Waals surface area (Å²) in [4.78, 5) is 23.8. The van der Waals surface area contributed by atoms with Gasteiger partial charge < -0.3 is 9.84 Å². The third-order valence-corrected chi connectivity index (χ3v) is 6.02. The van der Waals surface area contributed by atoms with Gasteiger partial charge in [-0.05, 0) is 81.7 Å². The Labute approximate surface area is 202 Å². The quantitative estimate of drug-likeness (QED) is 0.212. The van der Waals surface area contributed by atoms with Crippen molar-refractivity contribution in [3.05, 3.63) is 92.9 Å². The lowest BCUT2D eigenvalue weighted by Crippen LogP contribution is -2.19. The molecule has 6 nitrogen and oxygen atoms in total. The molecule has 164 valence electrons. The van der Waals surface area contributed by atoms with Crippen LogP contribution in [-0.4, -0.2) is 29.0 Å². The highest BCUT2D eigenvalue weighted by Gasteiger charge is 2.06. The molecule has 0 saturated heterocycles. The van der Waals surface area contributed by atoms with Crippen LogP contribution in [0.25, 0.3) is 0 Å². The van der Waals surface area contributed by atoms with E-state index in [0.717, 1.165) is 20.5 Å². The first kappa shape index (κ1) is 23.8. The molecule has 0 fully saturated rings. The molecule has 0 aliphatic rings. The van der Waals surface area contributed by atoms with Crippen molar-refractivity contribution in [2.24, 2.45) is 5.10 Å². The number of nitrogens with one attached hydrogen (secondary N) is 1. The Hall–Kier alpha value is -2.81. The summed E-state index contributed by atoms with van der Waals surface area (Å²) in [5.74, 6) is -0.306. The van der Waals surface area contributed by atoms with Gasteiger partial charge in [-0.2, -0.15) is 5.10 Å². The second-order valence-corrected chi connectivity index (χ2v) is 8.86. The number of amides is 1. The number of carboxylic acids is 1. The van der Waals surface area contributed by atoms with Crippen LogP contribution in [0.15, 0.2) is 81.2 Å². The molecule has 0 spiro atoms. The number of carbonyl (C=O) groups is 2. The molecule has 0 aromatic heterocycles. The van der Waals surface area contributed by atoms with Crippen molar-refractivity contribution in [1.82, 2.24) is 5.43 Å². The number of benzene rings is 3. The number of carbonyl (C=O) groups excluding carboxylic acids is 1. The highest BCUT2D eigenvalue weighted by Crippen LogP contribution is 2.26. The number of carboxylic acid groups (broad SMARTS) is 1. The van der Waals surface area contributed by atoms with Gasteiger partial charge in [0.15, 0.2) is 0 Å². The molecule has 0 heterocycles. The summed E-state index contributed by atoms with van der Waals surface area (Å²) in [6, 6.07) is 19.2. The molecule has 3 aromatic rings. The van der Waals surface area contributed by atoms with Gasteiger partial charge in [0.05, 0.1) is 22.0 Å². The summed E-state index contributed by atoms with van der Waals surface area (Å²) in [6.07, 6.45) is 1.55. The molecule has 0 unspecified atom stereocenters. The first-order chi connectivity index (χ1) is 15.4. The van der Waals surface area contributed by atoms with E-state index in [1.807, 2.05) is 24.3 Å². The van der Waals surface area contributed by atoms with Crippen LogP contribution in [0.2, 0.25) is 5.02 Å². The molecular weight excluding hydrogens is 516 g/mol. The van der Waals surface area contributed by atoms with Gasteiger partial charge in [-0.25, -0.2) is 10.2 Å². The minimum absolute atomic E-state index is 0.214. The number of hydrogen-bond donors (Lipinski definition) is 2. The first-order valence-electron chi connectivity index (χ1n) is 9.35. The smallest absolute Gasteiger partial charge is 0.335 e. The lowest BCUT2D eigenvalue weighted by Gasteiger charge is -2.09. The Morgan fingerprint density at radius 2 is 1.81 bits per heavy atom. The number of hydrazone groups is 1. The summed E-state index contributed by atoms with van der Waals surface area (Å²) in [7, 11) is 0. The number of ether oxygens (including phenoxy) is 1. The molecular formula is C23H18BrClN2O4S. The number of nitrogens with zero attached hydrogens (tertiary/aromatic N) is 1. The summed E-state index contributed by atoms with van der Waals surface area (Å²) in [6.45, 7) is 0.299. The monoisotopic (exact) mass is 532 g/mol. The lowest BCUT2D eigenvalue weighted by atomic mass is 10.1. The normalized spacial score (nSPS) is 10.8. The molecule has 3 aromatic carbocycles. The number of aromatic carboxylic acids is 1. The van der Waals surface area contributed by atoms with Crippen LogP contribution >= 0.6 is 39.3 Å². The standard InChI is InChI=1S/C23H18BrClN2O4S/c24-20-11-16(12-26-27-22(28)14-32-19-8-6-18(25)7-9-19)3-10-21(20)31-13-15-1-4-17(5-2-15)23(29)30/h1-12H,13-14H2,(H,27,28)(H,29,30)/b26-12-. The maximum absolute atomic E-state index is 11.9. The van der Waals surface area contributed by atoms with Gasteiger partial charge in [0, 0.05) is 9.92 Å². The first-order valence-corrected chi connectivity index (χ1v) is 11.5.